The van der Waals surface area contributed by atoms with Crippen molar-refractivity contribution >= 4 is 24.3 Å². The Morgan fingerprint density at radius 2 is 2.25 bits per heavy atom. The van der Waals surface area contributed by atoms with Crippen molar-refractivity contribution in [3.05, 3.63) is 36.2 Å². The third-order valence-corrected chi connectivity index (χ3v) is 1.18. The van der Waals surface area contributed by atoms with E-state index < -0.39 is 0 Å². The van der Waals surface area contributed by atoms with Crippen molar-refractivity contribution in [2.75, 3.05) is 0 Å². The summed E-state index contributed by atoms with van der Waals surface area (Å²) in [5.74, 6) is 0.0376. The van der Waals surface area contributed by atoms with Gasteiger partial charge in [-0.25, -0.2) is 0 Å². The lowest BCUT2D eigenvalue weighted by atomic mass is 10.3. The molecule has 1 aromatic rings. The molecule has 0 N–H and O–H groups in total. The molecule has 0 aliphatic rings. The van der Waals surface area contributed by atoms with E-state index in [1.807, 2.05) is 18.2 Å². The second-order valence-corrected chi connectivity index (χ2v) is 2.20. The summed E-state index contributed by atoms with van der Waals surface area (Å²) >= 11 is 0. The molecule has 1 rings (SSSR count). The molecule has 0 bridgehead atoms. The molecule has 3 heteroatoms. The summed E-state index contributed by atoms with van der Waals surface area (Å²) in [6.45, 7) is 1.51. The average Bonchev–Trinajstić information content (AvgIpc) is 2.03. The Morgan fingerprint density at radius 3 is 2.75 bits per heavy atom. The second-order valence-electron chi connectivity index (χ2n) is 2.20. The van der Waals surface area contributed by atoms with Crippen molar-refractivity contribution in [1.29, 1.82) is 0 Å². The third-order valence-electron chi connectivity index (χ3n) is 1.18. The fourth-order valence-corrected chi connectivity index (χ4v) is 0.677. The van der Waals surface area contributed by atoms with Crippen LogP contribution < -0.4 is 0 Å². The fraction of sp³-hybridized carbons (Fsp3) is 0.111. The molecule has 0 radical (unpaired) electrons. The predicted octanol–water partition coefficient (Wildman–Crippen LogP) is 2.11. The molecule has 0 atom stereocenters. The lowest BCUT2D eigenvalue weighted by Crippen LogP contribution is -1.81. The van der Waals surface area contributed by atoms with E-state index in [4.69, 9.17) is 0 Å². The topological polar surface area (TPSA) is 30.0 Å². The normalized spacial score (nSPS) is 9.42. The molecular weight excluding hydrogens is 174 g/mol. The molecule has 1 aromatic heterocycles. The molecule has 2 nitrogen and oxygen atoms in total. The number of nitrogens with zero attached hydrogens (tertiary/aromatic N) is 1. The van der Waals surface area contributed by atoms with E-state index in [1.165, 1.54) is 13.0 Å². The first-order valence-corrected chi connectivity index (χ1v) is 3.39. The van der Waals surface area contributed by atoms with Crippen molar-refractivity contribution in [3.63, 3.8) is 0 Å². The zero-order valence-electron chi connectivity index (χ0n) is 6.73. The largest absolute Gasteiger partial charge is 0.295 e. The van der Waals surface area contributed by atoms with Crippen molar-refractivity contribution in [3.8, 4) is 0 Å². The Balaban J connectivity index is 0.00000121. The maximum absolute atomic E-state index is 10.5. The summed E-state index contributed by atoms with van der Waals surface area (Å²) in [4.78, 5) is 14.5. The maximum Gasteiger partial charge on any atom is 0.152 e. The number of hydrogen-bond acceptors (Lipinski definition) is 2. The van der Waals surface area contributed by atoms with Crippen molar-refractivity contribution < 1.29 is 4.79 Å². The molecule has 12 heavy (non-hydrogen) atoms. The Hall–Kier alpha value is -1.15. The van der Waals surface area contributed by atoms with E-state index in [0.717, 1.165) is 5.69 Å². The average molecular weight is 184 g/mol. The smallest absolute Gasteiger partial charge is 0.152 e. The van der Waals surface area contributed by atoms with Gasteiger partial charge in [-0.1, -0.05) is 6.07 Å². The van der Waals surface area contributed by atoms with Crippen molar-refractivity contribution in [1.82, 2.24) is 4.98 Å². The van der Waals surface area contributed by atoms with Crippen LogP contribution in [0.5, 0.6) is 0 Å². The van der Waals surface area contributed by atoms with E-state index in [0.29, 0.717) is 0 Å². The Morgan fingerprint density at radius 1 is 1.50 bits per heavy atom. The van der Waals surface area contributed by atoms with Crippen LogP contribution in [0.2, 0.25) is 0 Å². The van der Waals surface area contributed by atoms with Crippen LogP contribution in [0.25, 0.3) is 6.08 Å². The van der Waals surface area contributed by atoms with Gasteiger partial charge in [-0.2, -0.15) is 0 Å². The highest BCUT2D eigenvalue weighted by Crippen LogP contribution is 1.95. The van der Waals surface area contributed by atoms with Gasteiger partial charge in [0.1, 0.15) is 0 Å². The quantitative estimate of drug-likeness (QED) is 0.658. The lowest BCUT2D eigenvalue weighted by molar-refractivity contribution is -0.112. The van der Waals surface area contributed by atoms with Gasteiger partial charge in [-0.05, 0) is 31.2 Å². The molecule has 64 valence electrons. The first kappa shape index (κ1) is 10.8. The number of carbonyl (C=O) groups excluding carboxylic acids is 1. The van der Waals surface area contributed by atoms with Crippen LogP contribution in [0.4, 0.5) is 0 Å². The highest BCUT2D eigenvalue weighted by atomic mass is 35.5. The van der Waals surface area contributed by atoms with E-state index in [9.17, 15) is 4.79 Å². The highest BCUT2D eigenvalue weighted by Gasteiger charge is 1.85. The summed E-state index contributed by atoms with van der Waals surface area (Å²) in [5.41, 5.74) is 0.808. The number of carbonyl (C=O) groups is 1. The first-order chi connectivity index (χ1) is 5.29. The first-order valence-electron chi connectivity index (χ1n) is 3.39. The second kappa shape index (κ2) is 5.49. The van der Waals surface area contributed by atoms with Gasteiger partial charge in [0.15, 0.2) is 5.78 Å². The number of ketones is 1. The molecule has 0 amide bonds. The van der Waals surface area contributed by atoms with Gasteiger partial charge in [-0.15, -0.1) is 12.4 Å². The van der Waals surface area contributed by atoms with Crippen LogP contribution in [0.3, 0.4) is 0 Å². The molecule has 0 saturated heterocycles. The summed E-state index contributed by atoms with van der Waals surface area (Å²) in [5, 5.41) is 0. The third kappa shape index (κ3) is 3.88. The van der Waals surface area contributed by atoms with Crippen LogP contribution in [-0.4, -0.2) is 10.8 Å². The van der Waals surface area contributed by atoms with Crippen LogP contribution >= 0.6 is 12.4 Å². The molecule has 0 unspecified atom stereocenters. The van der Waals surface area contributed by atoms with Gasteiger partial charge in [-0.3, -0.25) is 9.78 Å². The minimum Gasteiger partial charge on any atom is -0.295 e. The summed E-state index contributed by atoms with van der Waals surface area (Å²) in [6.07, 6.45) is 4.89. The Kier molecular flexibility index (Phi) is 4.97. The van der Waals surface area contributed by atoms with Gasteiger partial charge in [0, 0.05) is 6.20 Å². The van der Waals surface area contributed by atoms with Gasteiger partial charge >= 0.3 is 0 Å². The fourth-order valence-electron chi connectivity index (χ4n) is 0.677. The van der Waals surface area contributed by atoms with Gasteiger partial charge < -0.3 is 0 Å². The standard InChI is InChI=1S/C9H9NO.ClH/c1-8(11)5-6-9-4-2-3-7-10-9;/h2-7H,1H3;1H. The monoisotopic (exact) mass is 183 g/mol. The van der Waals surface area contributed by atoms with E-state index in [-0.39, 0.29) is 18.2 Å². The molecule has 0 fully saturated rings. The number of pyridine rings is 1. The zero-order valence-corrected chi connectivity index (χ0v) is 7.54. The summed E-state index contributed by atoms with van der Waals surface area (Å²) < 4.78 is 0. The molecule has 0 spiro atoms. The van der Waals surface area contributed by atoms with Gasteiger partial charge in [0.2, 0.25) is 0 Å². The van der Waals surface area contributed by atoms with Crippen molar-refractivity contribution in [2.24, 2.45) is 0 Å². The van der Waals surface area contributed by atoms with E-state index >= 15 is 0 Å². The van der Waals surface area contributed by atoms with Crippen LogP contribution in [0.1, 0.15) is 12.6 Å². The molecule has 0 aliphatic carbocycles. The number of hydrogen-bond donors (Lipinski definition) is 0. The van der Waals surface area contributed by atoms with Gasteiger partial charge in [0.05, 0.1) is 5.69 Å². The maximum atomic E-state index is 10.5. The number of allylic oxidation sites excluding steroid dienone is 1. The SMILES string of the molecule is CC(=O)C=Cc1ccccn1.Cl. The number of rotatable bonds is 2. The van der Waals surface area contributed by atoms with Crippen LogP contribution in [-0.2, 0) is 4.79 Å². The highest BCUT2D eigenvalue weighted by molar-refractivity contribution is 5.91. The molecule has 0 saturated carbocycles. The molecule has 1 heterocycles. The lowest BCUT2D eigenvalue weighted by Gasteiger charge is -1.87. The van der Waals surface area contributed by atoms with E-state index in [2.05, 4.69) is 4.98 Å². The summed E-state index contributed by atoms with van der Waals surface area (Å²) in [7, 11) is 0. The van der Waals surface area contributed by atoms with Crippen LogP contribution in [0, 0.1) is 0 Å². The molecule has 0 aliphatic heterocycles. The predicted molar refractivity (Wildman–Crippen MR) is 51.2 cm³/mol. The Labute approximate surface area is 77.7 Å². The van der Waals surface area contributed by atoms with E-state index in [1.54, 1.807) is 12.3 Å². The van der Waals surface area contributed by atoms with Crippen molar-refractivity contribution in [2.45, 2.75) is 6.92 Å². The Bertz CT molecular complexity index is 269. The summed E-state index contributed by atoms with van der Waals surface area (Å²) in [6, 6.07) is 5.57. The minimum atomic E-state index is 0. The zero-order chi connectivity index (χ0) is 8.10. The minimum absolute atomic E-state index is 0. The number of halogens is 1. The van der Waals surface area contributed by atoms with Crippen LogP contribution in [0.15, 0.2) is 30.5 Å². The number of aromatic nitrogens is 1. The molecular formula is C9H10ClNO. The molecule has 0 aromatic carbocycles. The van der Waals surface area contributed by atoms with Gasteiger partial charge in [0.25, 0.3) is 0 Å².